The molecule has 1 unspecified atom stereocenters. The van der Waals surface area contributed by atoms with E-state index in [0.717, 1.165) is 16.9 Å². The SMILES string of the molecule is CCOc1ccc(C(C)(O)Cc2ccccc2)cc1. The van der Waals surface area contributed by atoms with Crippen LogP contribution < -0.4 is 4.74 Å². The zero-order valence-corrected chi connectivity index (χ0v) is 11.5. The average Bonchev–Trinajstić information content (AvgIpc) is 2.40. The zero-order chi connectivity index (χ0) is 13.7. The Kier molecular flexibility index (Phi) is 4.23. The van der Waals surface area contributed by atoms with E-state index in [9.17, 15) is 5.11 Å². The summed E-state index contributed by atoms with van der Waals surface area (Å²) in [5, 5.41) is 10.6. The lowest BCUT2D eigenvalue weighted by atomic mass is 9.89. The smallest absolute Gasteiger partial charge is 0.119 e. The van der Waals surface area contributed by atoms with Gasteiger partial charge in [-0.05, 0) is 37.1 Å². The van der Waals surface area contributed by atoms with Gasteiger partial charge in [-0.15, -0.1) is 0 Å². The highest BCUT2D eigenvalue weighted by atomic mass is 16.5. The Labute approximate surface area is 114 Å². The van der Waals surface area contributed by atoms with Gasteiger partial charge in [-0.1, -0.05) is 42.5 Å². The van der Waals surface area contributed by atoms with Gasteiger partial charge in [-0.2, -0.15) is 0 Å². The van der Waals surface area contributed by atoms with Crippen molar-refractivity contribution in [1.29, 1.82) is 0 Å². The van der Waals surface area contributed by atoms with E-state index in [1.54, 1.807) is 0 Å². The first kappa shape index (κ1) is 13.6. The topological polar surface area (TPSA) is 29.5 Å². The van der Waals surface area contributed by atoms with E-state index in [-0.39, 0.29) is 0 Å². The first-order valence-corrected chi connectivity index (χ1v) is 6.61. The third kappa shape index (κ3) is 3.58. The van der Waals surface area contributed by atoms with E-state index in [1.807, 2.05) is 68.4 Å². The summed E-state index contributed by atoms with van der Waals surface area (Å²) in [4.78, 5) is 0. The number of hydrogen-bond donors (Lipinski definition) is 1. The molecule has 0 aliphatic carbocycles. The average molecular weight is 256 g/mol. The lowest BCUT2D eigenvalue weighted by molar-refractivity contribution is 0.0576. The van der Waals surface area contributed by atoms with Crippen LogP contribution in [0.1, 0.15) is 25.0 Å². The van der Waals surface area contributed by atoms with Crippen molar-refractivity contribution in [3.05, 3.63) is 65.7 Å². The van der Waals surface area contributed by atoms with Gasteiger partial charge in [0.1, 0.15) is 5.75 Å². The molecule has 19 heavy (non-hydrogen) atoms. The number of ether oxygens (including phenoxy) is 1. The van der Waals surface area contributed by atoms with E-state index in [0.29, 0.717) is 13.0 Å². The molecule has 2 rings (SSSR count). The van der Waals surface area contributed by atoms with Crippen molar-refractivity contribution in [1.82, 2.24) is 0 Å². The maximum Gasteiger partial charge on any atom is 0.119 e. The Bertz CT molecular complexity index is 501. The second-order valence-corrected chi connectivity index (χ2v) is 4.89. The van der Waals surface area contributed by atoms with E-state index in [4.69, 9.17) is 4.74 Å². The second kappa shape index (κ2) is 5.89. The first-order chi connectivity index (χ1) is 9.12. The van der Waals surface area contributed by atoms with Crippen molar-refractivity contribution in [2.45, 2.75) is 25.9 Å². The molecular formula is C17H20O2. The van der Waals surface area contributed by atoms with Gasteiger partial charge in [0.25, 0.3) is 0 Å². The van der Waals surface area contributed by atoms with Crippen LogP contribution in [0.3, 0.4) is 0 Å². The summed E-state index contributed by atoms with van der Waals surface area (Å²) in [6, 6.07) is 17.7. The Balaban J connectivity index is 2.14. The van der Waals surface area contributed by atoms with Gasteiger partial charge in [0.2, 0.25) is 0 Å². The first-order valence-electron chi connectivity index (χ1n) is 6.61. The maximum atomic E-state index is 10.6. The largest absolute Gasteiger partial charge is 0.494 e. The molecule has 0 aliphatic heterocycles. The van der Waals surface area contributed by atoms with Crippen molar-refractivity contribution in [2.24, 2.45) is 0 Å². The molecule has 0 fully saturated rings. The van der Waals surface area contributed by atoms with Crippen LogP contribution in [0, 0.1) is 0 Å². The maximum absolute atomic E-state index is 10.6. The van der Waals surface area contributed by atoms with E-state index >= 15 is 0 Å². The quantitative estimate of drug-likeness (QED) is 0.886. The Hall–Kier alpha value is -1.80. The summed E-state index contributed by atoms with van der Waals surface area (Å²) < 4.78 is 5.41. The summed E-state index contributed by atoms with van der Waals surface area (Å²) >= 11 is 0. The van der Waals surface area contributed by atoms with Gasteiger partial charge in [-0.25, -0.2) is 0 Å². The van der Waals surface area contributed by atoms with Crippen molar-refractivity contribution >= 4 is 0 Å². The predicted octanol–water partition coefficient (Wildman–Crippen LogP) is 3.54. The molecule has 0 radical (unpaired) electrons. The van der Waals surface area contributed by atoms with Crippen LogP contribution in [0.5, 0.6) is 5.75 Å². The molecule has 0 saturated heterocycles. The van der Waals surface area contributed by atoms with Gasteiger partial charge in [-0.3, -0.25) is 0 Å². The van der Waals surface area contributed by atoms with E-state index < -0.39 is 5.60 Å². The predicted molar refractivity (Wildman–Crippen MR) is 77.3 cm³/mol. The minimum absolute atomic E-state index is 0.599. The van der Waals surface area contributed by atoms with Crippen LogP contribution in [0.25, 0.3) is 0 Å². The molecule has 1 atom stereocenters. The van der Waals surface area contributed by atoms with Gasteiger partial charge < -0.3 is 9.84 Å². The lowest BCUT2D eigenvalue weighted by Crippen LogP contribution is -2.24. The Morgan fingerprint density at radius 1 is 1.00 bits per heavy atom. The van der Waals surface area contributed by atoms with Crippen LogP contribution in [0.15, 0.2) is 54.6 Å². The molecular weight excluding hydrogens is 236 g/mol. The minimum atomic E-state index is -0.869. The van der Waals surface area contributed by atoms with Crippen molar-refractivity contribution in [3.8, 4) is 5.75 Å². The number of benzene rings is 2. The van der Waals surface area contributed by atoms with Crippen molar-refractivity contribution in [3.63, 3.8) is 0 Å². The summed E-state index contributed by atoms with van der Waals surface area (Å²) in [6.45, 7) is 4.45. The highest BCUT2D eigenvalue weighted by molar-refractivity contribution is 5.32. The fraction of sp³-hybridized carbons (Fsp3) is 0.294. The molecule has 0 spiro atoms. The molecule has 0 heterocycles. The fourth-order valence-corrected chi connectivity index (χ4v) is 2.17. The fourth-order valence-electron chi connectivity index (χ4n) is 2.17. The number of rotatable bonds is 5. The van der Waals surface area contributed by atoms with Crippen LogP contribution in [0.4, 0.5) is 0 Å². The van der Waals surface area contributed by atoms with Crippen LogP contribution in [-0.2, 0) is 12.0 Å². The molecule has 0 saturated carbocycles. The summed E-state index contributed by atoms with van der Waals surface area (Å²) in [7, 11) is 0. The molecule has 0 amide bonds. The highest BCUT2D eigenvalue weighted by Crippen LogP contribution is 2.26. The molecule has 2 nitrogen and oxygen atoms in total. The van der Waals surface area contributed by atoms with Gasteiger partial charge in [0, 0.05) is 6.42 Å². The van der Waals surface area contributed by atoms with E-state index in [2.05, 4.69) is 0 Å². The summed E-state index contributed by atoms with van der Waals surface area (Å²) in [6.07, 6.45) is 0.599. The lowest BCUT2D eigenvalue weighted by Gasteiger charge is -2.24. The standard InChI is InChI=1S/C17H20O2/c1-3-19-16-11-9-15(10-12-16)17(2,18)13-14-7-5-4-6-8-14/h4-12,18H,3,13H2,1-2H3. The summed E-state index contributed by atoms with van der Waals surface area (Å²) in [5.41, 5.74) is 1.16. The van der Waals surface area contributed by atoms with Crippen molar-refractivity contribution in [2.75, 3.05) is 6.61 Å². The summed E-state index contributed by atoms with van der Waals surface area (Å²) in [5.74, 6) is 0.835. The highest BCUT2D eigenvalue weighted by Gasteiger charge is 2.23. The Morgan fingerprint density at radius 2 is 1.63 bits per heavy atom. The molecule has 0 aliphatic rings. The van der Waals surface area contributed by atoms with Gasteiger partial charge >= 0.3 is 0 Å². The molecule has 2 aromatic rings. The van der Waals surface area contributed by atoms with Crippen molar-refractivity contribution < 1.29 is 9.84 Å². The zero-order valence-electron chi connectivity index (χ0n) is 11.5. The normalized spacial score (nSPS) is 13.8. The van der Waals surface area contributed by atoms with Crippen LogP contribution >= 0.6 is 0 Å². The van der Waals surface area contributed by atoms with Crippen LogP contribution in [0.2, 0.25) is 0 Å². The van der Waals surface area contributed by atoms with Gasteiger partial charge in [0.05, 0.1) is 12.2 Å². The second-order valence-electron chi connectivity index (χ2n) is 4.89. The van der Waals surface area contributed by atoms with Gasteiger partial charge in [0.15, 0.2) is 0 Å². The molecule has 100 valence electrons. The molecule has 0 bridgehead atoms. The minimum Gasteiger partial charge on any atom is -0.494 e. The Morgan fingerprint density at radius 3 is 2.21 bits per heavy atom. The molecule has 2 heteroatoms. The molecule has 2 aromatic carbocycles. The third-order valence-corrected chi connectivity index (χ3v) is 3.18. The molecule has 1 N–H and O–H groups in total. The number of hydrogen-bond acceptors (Lipinski definition) is 2. The monoisotopic (exact) mass is 256 g/mol. The third-order valence-electron chi connectivity index (χ3n) is 3.18. The number of aliphatic hydroxyl groups is 1. The molecule has 0 aromatic heterocycles. The van der Waals surface area contributed by atoms with E-state index in [1.165, 1.54) is 0 Å². The van der Waals surface area contributed by atoms with Crippen LogP contribution in [-0.4, -0.2) is 11.7 Å².